The van der Waals surface area contributed by atoms with Crippen molar-refractivity contribution in [3.05, 3.63) is 80.6 Å². The van der Waals surface area contributed by atoms with E-state index in [2.05, 4.69) is 15.2 Å². The Bertz CT molecular complexity index is 1450. The average molecular weight is 540 g/mol. The SMILES string of the molecule is COc1ccc(Cn2c(=O)c(NCCN3CCOCC3)nc3ccc(-c4ccc(Cl)c(Cl)c4)nc32)cc1. The van der Waals surface area contributed by atoms with Crippen molar-refractivity contribution in [1.82, 2.24) is 19.4 Å². The molecule has 0 bridgehead atoms. The van der Waals surface area contributed by atoms with Crippen molar-refractivity contribution in [3.63, 3.8) is 0 Å². The first kappa shape index (κ1) is 25.5. The van der Waals surface area contributed by atoms with Crippen LogP contribution < -0.4 is 15.6 Å². The van der Waals surface area contributed by atoms with Crippen LogP contribution in [0.3, 0.4) is 0 Å². The van der Waals surface area contributed by atoms with Gasteiger partial charge in [-0.15, -0.1) is 0 Å². The summed E-state index contributed by atoms with van der Waals surface area (Å²) in [6, 6.07) is 16.7. The fourth-order valence-electron chi connectivity index (χ4n) is 4.27. The molecule has 4 aromatic rings. The van der Waals surface area contributed by atoms with Crippen LogP contribution in [-0.4, -0.2) is 65.9 Å². The highest BCUT2D eigenvalue weighted by molar-refractivity contribution is 6.42. The highest BCUT2D eigenvalue weighted by atomic mass is 35.5. The molecule has 0 amide bonds. The van der Waals surface area contributed by atoms with E-state index in [1.54, 1.807) is 23.8 Å². The van der Waals surface area contributed by atoms with Crippen LogP contribution >= 0.6 is 23.2 Å². The molecule has 0 radical (unpaired) electrons. The minimum atomic E-state index is -0.232. The lowest BCUT2D eigenvalue weighted by atomic mass is 10.1. The number of pyridine rings is 1. The summed E-state index contributed by atoms with van der Waals surface area (Å²) in [7, 11) is 1.62. The van der Waals surface area contributed by atoms with E-state index in [9.17, 15) is 4.79 Å². The number of morpholine rings is 1. The normalized spacial score (nSPS) is 14.1. The van der Waals surface area contributed by atoms with Crippen LogP contribution in [-0.2, 0) is 11.3 Å². The van der Waals surface area contributed by atoms with Gasteiger partial charge in [-0.1, -0.05) is 41.4 Å². The topological polar surface area (TPSA) is 81.5 Å². The number of aromatic nitrogens is 3. The number of anilines is 1. The van der Waals surface area contributed by atoms with Crippen molar-refractivity contribution in [2.24, 2.45) is 0 Å². The monoisotopic (exact) mass is 539 g/mol. The highest BCUT2D eigenvalue weighted by Gasteiger charge is 2.16. The van der Waals surface area contributed by atoms with E-state index in [-0.39, 0.29) is 5.56 Å². The van der Waals surface area contributed by atoms with Crippen molar-refractivity contribution in [3.8, 4) is 17.0 Å². The lowest BCUT2D eigenvalue weighted by Crippen LogP contribution is -2.39. The molecular formula is C27H27Cl2N5O3. The molecule has 0 atom stereocenters. The number of methoxy groups -OCH3 is 1. The Labute approximate surface area is 224 Å². The van der Waals surface area contributed by atoms with E-state index in [0.717, 1.165) is 49.7 Å². The summed E-state index contributed by atoms with van der Waals surface area (Å²) >= 11 is 12.3. The number of nitrogens with one attached hydrogen (secondary N) is 1. The smallest absolute Gasteiger partial charge is 0.295 e. The number of hydrogen-bond donors (Lipinski definition) is 1. The maximum absolute atomic E-state index is 13.6. The Hall–Kier alpha value is -3.17. The minimum Gasteiger partial charge on any atom is -0.497 e. The molecule has 5 rings (SSSR count). The molecule has 10 heteroatoms. The molecule has 1 aliphatic heterocycles. The number of hydrogen-bond acceptors (Lipinski definition) is 7. The summed E-state index contributed by atoms with van der Waals surface area (Å²) < 4.78 is 12.3. The van der Waals surface area contributed by atoms with E-state index in [1.807, 2.05) is 42.5 Å². The zero-order valence-corrected chi connectivity index (χ0v) is 21.9. The summed E-state index contributed by atoms with van der Waals surface area (Å²) in [5, 5.41) is 4.16. The zero-order chi connectivity index (χ0) is 25.8. The highest BCUT2D eigenvalue weighted by Crippen LogP contribution is 2.28. The van der Waals surface area contributed by atoms with Crippen molar-refractivity contribution in [1.29, 1.82) is 0 Å². The van der Waals surface area contributed by atoms with Gasteiger partial charge in [0, 0.05) is 31.7 Å². The van der Waals surface area contributed by atoms with Crippen LogP contribution in [0.1, 0.15) is 5.56 Å². The molecule has 2 aromatic carbocycles. The second kappa shape index (κ2) is 11.5. The zero-order valence-electron chi connectivity index (χ0n) is 20.4. The largest absolute Gasteiger partial charge is 0.497 e. The summed E-state index contributed by atoms with van der Waals surface area (Å²) in [6.45, 7) is 4.97. The predicted molar refractivity (Wildman–Crippen MR) is 147 cm³/mol. The van der Waals surface area contributed by atoms with Gasteiger partial charge in [0.1, 0.15) is 11.3 Å². The van der Waals surface area contributed by atoms with Crippen molar-refractivity contribution in [2.75, 3.05) is 51.8 Å². The fraction of sp³-hybridized carbons (Fsp3) is 0.296. The van der Waals surface area contributed by atoms with Crippen molar-refractivity contribution < 1.29 is 9.47 Å². The molecule has 1 fully saturated rings. The van der Waals surface area contributed by atoms with Gasteiger partial charge in [0.15, 0.2) is 11.5 Å². The van der Waals surface area contributed by atoms with Gasteiger partial charge in [0.25, 0.3) is 5.56 Å². The summed E-state index contributed by atoms with van der Waals surface area (Å²) in [5.41, 5.74) is 3.28. The molecule has 1 aliphatic rings. The molecule has 0 aliphatic carbocycles. The fourth-order valence-corrected chi connectivity index (χ4v) is 4.57. The van der Waals surface area contributed by atoms with E-state index in [1.165, 1.54) is 0 Å². The lowest BCUT2D eigenvalue weighted by molar-refractivity contribution is 0.0398. The number of halogens is 2. The molecule has 1 saturated heterocycles. The van der Waals surface area contributed by atoms with E-state index in [4.69, 9.17) is 37.7 Å². The molecule has 8 nitrogen and oxygen atoms in total. The third-order valence-corrected chi connectivity index (χ3v) is 7.07. The Balaban J connectivity index is 1.51. The molecule has 192 valence electrons. The minimum absolute atomic E-state index is 0.232. The predicted octanol–water partition coefficient (Wildman–Crippen LogP) is 4.57. The molecule has 1 N–H and O–H groups in total. The maximum Gasteiger partial charge on any atom is 0.295 e. The first-order chi connectivity index (χ1) is 18.0. The third-order valence-electron chi connectivity index (χ3n) is 6.33. The van der Waals surface area contributed by atoms with Crippen LogP contribution in [0.2, 0.25) is 10.0 Å². The van der Waals surface area contributed by atoms with Gasteiger partial charge in [0.05, 0.1) is 42.6 Å². The Morgan fingerprint density at radius 3 is 2.51 bits per heavy atom. The standard InChI is InChI=1S/C27H27Cl2N5O3/c1-36-20-5-2-18(3-6-20)17-34-26-24(9-8-23(32-26)19-4-7-21(28)22(29)16-19)31-25(27(34)35)30-10-11-33-12-14-37-15-13-33/h2-9,16H,10-15,17H2,1H3,(H,30,31). The van der Waals surface area contributed by atoms with Gasteiger partial charge in [-0.25, -0.2) is 9.97 Å². The first-order valence-electron chi connectivity index (χ1n) is 12.1. The Morgan fingerprint density at radius 1 is 1.00 bits per heavy atom. The third kappa shape index (κ3) is 5.88. The Kier molecular flexibility index (Phi) is 7.90. The number of ether oxygens (including phenoxy) is 2. The van der Waals surface area contributed by atoms with Gasteiger partial charge in [-0.3, -0.25) is 14.3 Å². The van der Waals surface area contributed by atoms with Gasteiger partial charge in [0.2, 0.25) is 0 Å². The van der Waals surface area contributed by atoms with Gasteiger partial charge >= 0.3 is 0 Å². The molecule has 37 heavy (non-hydrogen) atoms. The lowest BCUT2D eigenvalue weighted by Gasteiger charge is -2.26. The summed E-state index contributed by atoms with van der Waals surface area (Å²) in [5.74, 6) is 1.06. The van der Waals surface area contributed by atoms with E-state index in [0.29, 0.717) is 45.8 Å². The second-order valence-corrected chi connectivity index (χ2v) is 9.56. The molecular weight excluding hydrogens is 513 g/mol. The molecule has 0 unspecified atom stereocenters. The first-order valence-corrected chi connectivity index (χ1v) is 12.8. The van der Waals surface area contributed by atoms with E-state index >= 15 is 0 Å². The van der Waals surface area contributed by atoms with Crippen LogP contribution in [0.4, 0.5) is 5.82 Å². The second-order valence-electron chi connectivity index (χ2n) is 8.75. The molecule has 0 spiro atoms. The maximum atomic E-state index is 13.6. The number of rotatable bonds is 8. The summed E-state index contributed by atoms with van der Waals surface area (Å²) in [4.78, 5) is 25.4. The molecule has 3 heterocycles. The van der Waals surface area contributed by atoms with Crippen molar-refractivity contribution in [2.45, 2.75) is 6.54 Å². The van der Waals surface area contributed by atoms with Crippen LogP contribution in [0, 0.1) is 0 Å². The number of nitrogens with zero attached hydrogens (tertiary/aromatic N) is 4. The quantitative estimate of drug-likeness (QED) is 0.351. The van der Waals surface area contributed by atoms with E-state index < -0.39 is 0 Å². The van der Waals surface area contributed by atoms with Gasteiger partial charge in [-0.2, -0.15) is 0 Å². The van der Waals surface area contributed by atoms with Crippen LogP contribution in [0.5, 0.6) is 5.75 Å². The van der Waals surface area contributed by atoms with Gasteiger partial charge < -0.3 is 14.8 Å². The molecule has 0 saturated carbocycles. The summed E-state index contributed by atoms with van der Waals surface area (Å²) in [6.07, 6.45) is 0. The Morgan fingerprint density at radius 2 is 1.78 bits per heavy atom. The molecule has 2 aromatic heterocycles. The van der Waals surface area contributed by atoms with Crippen LogP contribution in [0.15, 0.2) is 59.4 Å². The average Bonchev–Trinajstić information content (AvgIpc) is 2.93. The van der Waals surface area contributed by atoms with Crippen LogP contribution in [0.25, 0.3) is 22.4 Å². The number of benzene rings is 2. The van der Waals surface area contributed by atoms with Crippen molar-refractivity contribution >= 4 is 40.2 Å². The number of fused-ring (bicyclic) bond motifs is 1. The van der Waals surface area contributed by atoms with Gasteiger partial charge in [-0.05, 0) is 42.0 Å².